The lowest BCUT2D eigenvalue weighted by Gasteiger charge is -2.29. The molecular weight excluding hydrogens is 181 g/mol. The van der Waals surface area contributed by atoms with E-state index >= 15 is 0 Å². The second kappa shape index (κ2) is 4.07. The Hall–Kier alpha value is -0.930. The van der Waals surface area contributed by atoms with Crippen molar-refractivity contribution in [2.75, 3.05) is 13.1 Å². The van der Waals surface area contributed by atoms with Crippen LogP contribution in [0.3, 0.4) is 0 Å². The van der Waals surface area contributed by atoms with Crippen molar-refractivity contribution in [2.24, 2.45) is 0 Å². The molecule has 0 radical (unpaired) electrons. The van der Waals surface area contributed by atoms with E-state index in [-0.39, 0.29) is 18.0 Å². The first-order valence-corrected chi connectivity index (χ1v) is 4.87. The van der Waals surface area contributed by atoms with Crippen molar-refractivity contribution in [1.29, 1.82) is 0 Å². The highest BCUT2D eigenvalue weighted by atomic mass is 19.1. The molecule has 2 nitrogen and oxygen atoms in total. The molecule has 76 valence electrons. The average molecular weight is 195 g/mol. The summed E-state index contributed by atoms with van der Waals surface area (Å²) in [4.78, 5) is 0. The Morgan fingerprint density at radius 3 is 3.00 bits per heavy atom. The van der Waals surface area contributed by atoms with Gasteiger partial charge in [-0.1, -0.05) is 12.1 Å². The summed E-state index contributed by atoms with van der Waals surface area (Å²) in [6.45, 7) is 3.64. The number of nitrogens with one attached hydrogen (secondary N) is 1. The van der Waals surface area contributed by atoms with E-state index < -0.39 is 0 Å². The molecule has 3 heteroatoms. The average Bonchev–Trinajstić information content (AvgIpc) is 2.18. The van der Waals surface area contributed by atoms with Gasteiger partial charge in [-0.05, 0) is 24.6 Å². The molecule has 0 unspecified atom stereocenters. The van der Waals surface area contributed by atoms with Crippen LogP contribution >= 0.6 is 0 Å². The summed E-state index contributed by atoms with van der Waals surface area (Å²) in [6.07, 6.45) is 0.173. The molecule has 1 saturated heterocycles. The van der Waals surface area contributed by atoms with E-state index in [0.29, 0.717) is 0 Å². The maximum Gasteiger partial charge on any atom is 0.123 e. The highest BCUT2D eigenvalue weighted by molar-refractivity contribution is 5.19. The minimum atomic E-state index is -0.204. The number of halogens is 1. The van der Waals surface area contributed by atoms with Crippen molar-refractivity contribution in [3.05, 3.63) is 35.6 Å². The van der Waals surface area contributed by atoms with E-state index in [4.69, 9.17) is 4.74 Å². The van der Waals surface area contributed by atoms with E-state index in [1.807, 2.05) is 13.0 Å². The Labute approximate surface area is 83.1 Å². The summed E-state index contributed by atoms with van der Waals surface area (Å²) >= 11 is 0. The van der Waals surface area contributed by atoms with Crippen LogP contribution in [0.25, 0.3) is 0 Å². The van der Waals surface area contributed by atoms with Crippen molar-refractivity contribution in [1.82, 2.24) is 5.32 Å². The zero-order valence-corrected chi connectivity index (χ0v) is 8.16. The van der Waals surface area contributed by atoms with Crippen LogP contribution in [0, 0.1) is 5.82 Å². The zero-order valence-electron chi connectivity index (χ0n) is 8.16. The van der Waals surface area contributed by atoms with Gasteiger partial charge in [0, 0.05) is 13.1 Å². The maximum absolute atomic E-state index is 12.9. The molecule has 1 fully saturated rings. The third kappa shape index (κ3) is 2.11. The molecule has 1 aliphatic heterocycles. The summed E-state index contributed by atoms with van der Waals surface area (Å²) in [5.41, 5.74) is 0.907. The molecule has 1 N–H and O–H groups in total. The number of ether oxygens (including phenoxy) is 1. The number of benzene rings is 1. The molecule has 0 amide bonds. The Morgan fingerprint density at radius 2 is 2.29 bits per heavy atom. The fraction of sp³-hybridized carbons (Fsp3) is 0.455. The summed E-state index contributed by atoms with van der Waals surface area (Å²) < 4.78 is 18.6. The molecule has 0 bridgehead atoms. The Morgan fingerprint density at radius 1 is 1.43 bits per heavy atom. The lowest BCUT2D eigenvalue weighted by molar-refractivity contribution is -0.0288. The topological polar surface area (TPSA) is 21.3 Å². The third-order valence-corrected chi connectivity index (χ3v) is 2.38. The van der Waals surface area contributed by atoms with Crippen LogP contribution in [-0.2, 0) is 4.74 Å². The SMILES string of the molecule is C[C@H]1CNC[C@@H](c2cccc(F)c2)O1. The summed E-state index contributed by atoms with van der Waals surface area (Å²) in [7, 11) is 0. The summed E-state index contributed by atoms with van der Waals surface area (Å²) in [5, 5.41) is 3.26. The van der Waals surface area contributed by atoms with Crippen LogP contribution in [-0.4, -0.2) is 19.2 Å². The molecular formula is C11H14FNO. The molecule has 1 aliphatic rings. The number of hydrogen-bond donors (Lipinski definition) is 1. The smallest absolute Gasteiger partial charge is 0.123 e. The maximum atomic E-state index is 12.9. The van der Waals surface area contributed by atoms with E-state index in [1.165, 1.54) is 12.1 Å². The summed E-state index contributed by atoms with van der Waals surface area (Å²) in [6, 6.07) is 6.59. The van der Waals surface area contributed by atoms with Gasteiger partial charge in [0.25, 0.3) is 0 Å². The quantitative estimate of drug-likeness (QED) is 0.738. The van der Waals surface area contributed by atoms with E-state index in [1.54, 1.807) is 6.07 Å². The van der Waals surface area contributed by atoms with Crippen LogP contribution in [0.4, 0.5) is 4.39 Å². The van der Waals surface area contributed by atoms with Crippen LogP contribution in [0.5, 0.6) is 0 Å². The molecule has 2 atom stereocenters. The molecule has 1 aromatic rings. The highest BCUT2D eigenvalue weighted by Crippen LogP contribution is 2.21. The van der Waals surface area contributed by atoms with Crippen LogP contribution in [0.1, 0.15) is 18.6 Å². The van der Waals surface area contributed by atoms with Gasteiger partial charge in [-0.3, -0.25) is 0 Å². The highest BCUT2D eigenvalue weighted by Gasteiger charge is 2.20. The standard InChI is InChI=1S/C11H14FNO/c1-8-6-13-7-11(14-8)9-3-2-4-10(12)5-9/h2-5,8,11,13H,6-7H2,1H3/t8-,11-/m0/s1. The van der Waals surface area contributed by atoms with Gasteiger partial charge in [0.1, 0.15) is 5.82 Å². The van der Waals surface area contributed by atoms with Gasteiger partial charge in [0.2, 0.25) is 0 Å². The molecule has 0 aromatic heterocycles. The minimum Gasteiger partial charge on any atom is -0.368 e. The molecule has 14 heavy (non-hydrogen) atoms. The number of hydrogen-bond acceptors (Lipinski definition) is 2. The number of rotatable bonds is 1. The normalized spacial score (nSPS) is 27.6. The van der Waals surface area contributed by atoms with Gasteiger partial charge in [-0.25, -0.2) is 4.39 Å². The van der Waals surface area contributed by atoms with E-state index in [2.05, 4.69) is 5.32 Å². The second-order valence-electron chi connectivity index (χ2n) is 3.65. The van der Waals surface area contributed by atoms with Crippen molar-refractivity contribution in [2.45, 2.75) is 19.1 Å². The largest absolute Gasteiger partial charge is 0.368 e. The van der Waals surface area contributed by atoms with Crippen LogP contribution < -0.4 is 5.32 Å². The molecule has 0 saturated carbocycles. The molecule has 0 aliphatic carbocycles. The molecule has 2 rings (SSSR count). The van der Waals surface area contributed by atoms with Gasteiger partial charge in [0.05, 0.1) is 12.2 Å². The van der Waals surface area contributed by atoms with Gasteiger partial charge in [0.15, 0.2) is 0 Å². The first kappa shape index (κ1) is 9.62. The molecule has 0 spiro atoms. The Balaban J connectivity index is 2.14. The second-order valence-corrected chi connectivity index (χ2v) is 3.65. The van der Waals surface area contributed by atoms with Gasteiger partial charge in [-0.15, -0.1) is 0 Å². The Bertz CT molecular complexity index is 316. The molecule has 1 aromatic carbocycles. The van der Waals surface area contributed by atoms with Gasteiger partial charge >= 0.3 is 0 Å². The van der Waals surface area contributed by atoms with Crippen molar-refractivity contribution in [3.63, 3.8) is 0 Å². The van der Waals surface area contributed by atoms with Crippen LogP contribution in [0.15, 0.2) is 24.3 Å². The van der Waals surface area contributed by atoms with Crippen LogP contribution in [0.2, 0.25) is 0 Å². The Kier molecular flexibility index (Phi) is 2.79. The fourth-order valence-electron chi connectivity index (χ4n) is 1.70. The predicted molar refractivity (Wildman–Crippen MR) is 52.6 cm³/mol. The van der Waals surface area contributed by atoms with Gasteiger partial charge < -0.3 is 10.1 Å². The fourth-order valence-corrected chi connectivity index (χ4v) is 1.70. The summed E-state index contributed by atoms with van der Waals surface area (Å²) in [5.74, 6) is -0.204. The predicted octanol–water partition coefficient (Wildman–Crippen LogP) is 1.88. The first-order chi connectivity index (χ1) is 6.75. The monoisotopic (exact) mass is 195 g/mol. The zero-order chi connectivity index (χ0) is 9.97. The van der Waals surface area contributed by atoms with E-state index in [0.717, 1.165) is 18.7 Å². The van der Waals surface area contributed by atoms with E-state index in [9.17, 15) is 4.39 Å². The number of morpholine rings is 1. The van der Waals surface area contributed by atoms with Crippen molar-refractivity contribution < 1.29 is 9.13 Å². The lowest BCUT2D eigenvalue weighted by atomic mass is 10.1. The van der Waals surface area contributed by atoms with Crippen molar-refractivity contribution >= 4 is 0 Å². The molecule has 1 heterocycles. The van der Waals surface area contributed by atoms with Gasteiger partial charge in [-0.2, -0.15) is 0 Å². The lowest BCUT2D eigenvalue weighted by Crippen LogP contribution is -2.38. The van der Waals surface area contributed by atoms with Crippen molar-refractivity contribution in [3.8, 4) is 0 Å². The first-order valence-electron chi connectivity index (χ1n) is 4.87. The minimum absolute atomic E-state index is 0.0190. The third-order valence-electron chi connectivity index (χ3n) is 2.38.